The third-order valence-corrected chi connectivity index (χ3v) is 6.18. The number of hydrogen-bond acceptors (Lipinski definition) is 4. The second-order valence-corrected chi connectivity index (χ2v) is 8.55. The van der Waals surface area contributed by atoms with Gasteiger partial charge < -0.3 is 10.6 Å². The monoisotopic (exact) mass is 288 g/mol. The maximum absolute atomic E-state index is 12.6. The first-order valence-electron chi connectivity index (χ1n) is 7.04. The van der Waals surface area contributed by atoms with Gasteiger partial charge in [-0.25, -0.2) is 8.42 Å². The molecule has 0 aromatic rings. The normalized spacial score (nSPS) is 39.0. The Balaban J connectivity index is 2.11. The topological polar surface area (TPSA) is 80.5 Å². The Bertz CT molecular complexity index is 463. The minimum atomic E-state index is -2.99. The van der Waals surface area contributed by atoms with Gasteiger partial charge in [-0.05, 0) is 25.7 Å². The van der Waals surface area contributed by atoms with Gasteiger partial charge in [-0.1, -0.05) is 19.8 Å². The molecular formula is C13H24N2O3S. The van der Waals surface area contributed by atoms with Crippen LogP contribution in [0.3, 0.4) is 0 Å². The number of rotatable bonds is 1. The lowest BCUT2D eigenvalue weighted by atomic mass is 9.76. The smallest absolute Gasteiger partial charge is 0.242 e. The largest absolute Gasteiger partial charge is 0.336 e. The summed E-state index contributed by atoms with van der Waals surface area (Å²) in [5, 5.41) is 0. The SMILES string of the molecule is CC1CCCC(N)(C(=O)N2CCS(=O)(=O)CC2C)C1. The summed E-state index contributed by atoms with van der Waals surface area (Å²) in [6.07, 6.45) is 3.52. The van der Waals surface area contributed by atoms with Crippen LogP contribution >= 0.6 is 0 Å². The van der Waals surface area contributed by atoms with Crippen LogP contribution in [0.15, 0.2) is 0 Å². The molecule has 1 aliphatic heterocycles. The van der Waals surface area contributed by atoms with Crippen LogP contribution < -0.4 is 5.73 Å². The van der Waals surface area contributed by atoms with Gasteiger partial charge in [0.2, 0.25) is 5.91 Å². The fourth-order valence-electron chi connectivity index (χ4n) is 3.37. The lowest BCUT2D eigenvalue weighted by Gasteiger charge is -2.42. The van der Waals surface area contributed by atoms with Gasteiger partial charge in [0.1, 0.15) is 0 Å². The van der Waals surface area contributed by atoms with Crippen molar-refractivity contribution >= 4 is 15.7 Å². The second-order valence-electron chi connectivity index (χ2n) is 6.32. The summed E-state index contributed by atoms with van der Waals surface area (Å²) in [5.41, 5.74) is 5.53. The number of nitrogens with zero attached hydrogens (tertiary/aromatic N) is 1. The first-order valence-corrected chi connectivity index (χ1v) is 8.86. The summed E-state index contributed by atoms with van der Waals surface area (Å²) in [7, 11) is -2.99. The summed E-state index contributed by atoms with van der Waals surface area (Å²) in [5.74, 6) is 0.534. The van der Waals surface area contributed by atoms with Crippen molar-refractivity contribution in [1.29, 1.82) is 0 Å². The molecule has 2 aliphatic rings. The van der Waals surface area contributed by atoms with E-state index in [2.05, 4.69) is 6.92 Å². The molecule has 2 rings (SSSR count). The van der Waals surface area contributed by atoms with Crippen LogP contribution in [-0.4, -0.2) is 48.9 Å². The van der Waals surface area contributed by atoms with Crippen LogP contribution in [0, 0.1) is 5.92 Å². The number of amides is 1. The standard InChI is InChI=1S/C13H24N2O3S/c1-10-4-3-5-13(14,8-10)12(16)15-6-7-19(17,18)9-11(15)2/h10-11H,3-9,14H2,1-2H3. The van der Waals surface area contributed by atoms with Crippen molar-refractivity contribution in [1.82, 2.24) is 4.90 Å². The minimum Gasteiger partial charge on any atom is -0.336 e. The Labute approximate surface area is 115 Å². The van der Waals surface area contributed by atoms with E-state index in [0.717, 1.165) is 12.8 Å². The first kappa shape index (κ1) is 14.8. The zero-order valence-electron chi connectivity index (χ0n) is 11.8. The minimum absolute atomic E-state index is 0.0542. The summed E-state index contributed by atoms with van der Waals surface area (Å²) in [6, 6.07) is -0.260. The Morgan fingerprint density at radius 1 is 1.37 bits per heavy atom. The van der Waals surface area contributed by atoms with Crippen molar-refractivity contribution in [3.8, 4) is 0 Å². The molecular weight excluding hydrogens is 264 g/mol. The van der Waals surface area contributed by atoms with Crippen LogP contribution in [0.5, 0.6) is 0 Å². The van der Waals surface area contributed by atoms with E-state index in [1.54, 1.807) is 11.8 Å². The van der Waals surface area contributed by atoms with Gasteiger partial charge in [-0.3, -0.25) is 4.79 Å². The van der Waals surface area contributed by atoms with Crippen LogP contribution in [0.2, 0.25) is 0 Å². The number of sulfone groups is 1. The summed E-state index contributed by atoms with van der Waals surface area (Å²) in [6.45, 7) is 4.21. The van der Waals surface area contributed by atoms with Crippen LogP contribution in [0.4, 0.5) is 0 Å². The zero-order valence-corrected chi connectivity index (χ0v) is 12.6. The van der Waals surface area contributed by atoms with E-state index in [0.29, 0.717) is 18.8 Å². The van der Waals surface area contributed by atoms with Gasteiger partial charge in [-0.15, -0.1) is 0 Å². The molecule has 5 nitrogen and oxygen atoms in total. The third kappa shape index (κ3) is 3.11. The molecule has 110 valence electrons. The molecule has 1 saturated carbocycles. The fourth-order valence-corrected chi connectivity index (χ4v) is 4.93. The van der Waals surface area contributed by atoms with Gasteiger partial charge in [0.25, 0.3) is 0 Å². The molecule has 1 aliphatic carbocycles. The average Bonchev–Trinajstić information content (AvgIpc) is 2.26. The Morgan fingerprint density at radius 2 is 2.05 bits per heavy atom. The van der Waals surface area contributed by atoms with Gasteiger partial charge in [-0.2, -0.15) is 0 Å². The van der Waals surface area contributed by atoms with Crippen molar-refractivity contribution in [3.05, 3.63) is 0 Å². The first-order chi connectivity index (χ1) is 8.73. The predicted octanol–water partition coefficient (Wildman–Crippen LogP) is 0.540. The van der Waals surface area contributed by atoms with E-state index in [1.165, 1.54) is 0 Å². The zero-order chi connectivity index (χ0) is 14.3. The van der Waals surface area contributed by atoms with Crippen LogP contribution in [-0.2, 0) is 14.6 Å². The Morgan fingerprint density at radius 3 is 2.63 bits per heavy atom. The highest BCUT2D eigenvalue weighted by Crippen LogP contribution is 2.32. The van der Waals surface area contributed by atoms with E-state index < -0.39 is 15.4 Å². The Hall–Kier alpha value is -0.620. The van der Waals surface area contributed by atoms with Gasteiger partial charge in [0.15, 0.2) is 9.84 Å². The second kappa shape index (κ2) is 5.05. The summed E-state index contributed by atoms with van der Waals surface area (Å²) in [4.78, 5) is 14.3. The fraction of sp³-hybridized carbons (Fsp3) is 0.923. The molecule has 2 N–H and O–H groups in total. The number of carbonyl (C=O) groups is 1. The molecule has 3 unspecified atom stereocenters. The average molecular weight is 288 g/mol. The van der Waals surface area contributed by atoms with Gasteiger partial charge in [0.05, 0.1) is 17.0 Å². The lowest BCUT2D eigenvalue weighted by molar-refractivity contribution is -0.140. The molecule has 19 heavy (non-hydrogen) atoms. The highest BCUT2D eigenvalue weighted by molar-refractivity contribution is 7.91. The highest BCUT2D eigenvalue weighted by atomic mass is 32.2. The maximum atomic E-state index is 12.6. The molecule has 1 amide bonds. The lowest BCUT2D eigenvalue weighted by Crippen LogP contribution is -2.62. The number of hydrogen-bond donors (Lipinski definition) is 1. The molecule has 1 heterocycles. The molecule has 0 radical (unpaired) electrons. The van der Waals surface area contributed by atoms with Crippen molar-refractivity contribution in [3.63, 3.8) is 0 Å². The summed E-state index contributed by atoms with van der Waals surface area (Å²) >= 11 is 0. The molecule has 0 bridgehead atoms. The summed E-state index contributed by atoms with van der Waals surface area (Å²) < 4.78 is 23.1. The van der Waals surface area contributed by atoms with Crippen molar-refractivity contribution < 1.29 is 13.2 Å². The third-order valence-electron chi connectivity index (χ3n) is 4.39. The molecule has 6 heteroatoms. The maximum Gasteiger partial charge on any atom is 0.242 e. The van der Waals surface area contributed by atoms with Gasteiger partial charge in [0, 0.05) is 12.6 Å². The van der Waals surface area contributed by atoms with E-state index in [9.17, 15) is 13.2 Å². The molecule has 0 aromatic carbocycles. The van der Waals surface area contributed by atoms with Crippen LogP contribution in [0.25, 0.3) is 0 Å². The van der Waals surface area contributed by atoms with Crippen molar-refractivity contribution in [2.45, 2.75) is 51.1 Å². The molecule has 3 atom stereocenters. The number of carbonyl (C=O) groups excluding carboxylic acids is 1. The van der Waals surface area contributed by atoms with Crippen LogP contribution in [0.1, 0.15) is 39.5 Å². The molecule has 1 saturated heterocycles. The van der Waals surface area contributed by atoms with E-state index in [-0.39, 0.29) is 30.0 Å². The molecule has 0 spiro atoms. The van der Waals surface area contributed by atoms with Crippen molar-refractivity contribution in [2.24, 2.45) is 11.7 Å². The highest BCUT2D eigenvalue weighted by Gasteiger charge is 2.43. The van der Waals surface area contributed by atoms with E-state index >= 15 is 0 Å². The van der Waals surface area contributed by atoms with E-state index in [1.807, 2.05) is 0 Å². The predicted molar refractivity (Wildman–Crippen MR) is 74.4 cm³/mol. The number of nitrogens with two attached hydrogens (primary N) is 1. The molecule has 2 fully saturated rings. The molecule has 0 aromatic heterocycles. The quantitative estimate of drug-likeness (QED) is 0.763. The van der Waals surface area contributed by atoms with Crippen molar-refractivity contribution in [2.75, 3.05) is 18.1 Å². The Kier molecular flexibility index (Phi) is 3.93. The van der Waals surface area contributed by atoms with E-state index in [4.69, 9.17) is 5.73 Å². The van der Waals surface area contributed by atoms with Gasteiger partial charge >= 0.3 is 0 Å².